The molecule has 1 fully saturated rings. The Morgan fingerprint density at radius 2 is 2.07 bits per heavy atom. The quantitative estimate of drug-likeness (QED) is 0.379. The number of rotatable bonds is 9. The Balaban J connectivity index is 1.41. The normalized spacial score (nSPS) is 15.6. The van der Waals surface area contributed by atoms with Crippen LogP contribution in [0.4, 0.5) is 0 Å². The van der Waals surface area contributed by atoms with E-state index in [2.05, 4.69) is 10.3 Å². The van der Waals surface area contributed by atoms with Crippen molar-refractivity contribution in [3.05, 3.63) is 71.7 Å². The summed E-state index contributed by atoms with van der Waals surface area (Å²) >= 11 is 6.57. The van der Waals surface area contributed by atoms with Gasteiger partial charge >= 0.3 is 0 Å². The minimum absolute atomic E-state index is 0.0855. The second-order valence-corrected chi connectivity index (χ2v) is 8.06. The van der Waals surface area contributed by atoms with Crippen LogP contribution in [-0.2, 0) is 16.1 Å². The predicted octanol–water partition coefficient (Wildman–Crippen LogP) is 3.24. The molecule has 0 radical (unpaired) electrons. The first-order valence-corrected chi connectivity index (χ1v) is 10.6. The lowest BCUT2D eigenvalue weighted by Crippen LogP contribution is -2.34. The van der Waals surface area contributed by atoms with Crippen LogP contribution in [0.3, 0.4) is 0 Å². The lowest BCUT2D eigenvalue weighted by molar-refractivity contribution is -0.123. The summed E-state index contributed by atoms with van der Waals surface area (Å²) in [6.07, 6.45) is 12.0. The van der Waals surface area contributed by atoms with E-state index in [1.165, 1.54) is 16.7 Å². The lowest BCUT2D eigenvalue weighted by Gasteiger charge is -2.14. The molecule has 0 aliphatic carbocycles. The zero-order chi connectivity index (χ0) is 20.5. The number of benzene rings is 1. The van der Waals surface area contributed by atoms with E-state index in [1.54, 1.807) is 18.6 Å². The van der Waals surface area contributed by atoms with Gasteiger partial charge in [0.2, 0.25) is 5.91 Å². The fourth-order valence-corrected chi connectivity index (χ4v) is 3.99. The van der Waals surface area contributed by atoms with Gasteiger partial charge in [-0.2, -0.15) is 0 Å². The molecule has 2 amide bonds. The summed E-state index contributed by atoms with van der Waals surface area (Å²) in [5.74, 6) is -0.233. The third-order valence-corrected chi connectivity index (χ3v) is 5.64. The molecular weight excluding hydrogens is 404 g/mol. The first-order chi connectivity index (χ1) is 14.1. The monoisotopic (exact) mass is 426 g/mol. The molecular formula is C21H22N4O2S2. The number of thiocarbonyl (C=S) groups is 1. The molecule has 1 aromatic heterocycles. The molecule has 0 saturated carbocycles. The first kappa shape index (κ1) is 21.0. The number of imidazole rings is 1. The van der Waals surface area contributed by atoms with E-state index in [0.717, 1.165) is 18.5 Å². The first-order valence-electron chi connectivity index (χ1n) is 9.33. The molecule has 0 unspecified atom stereocenters. The largest absolute Gasteiger partial charge is 0.356 e. The summed E-state index contributed by atoms with van der Waals surface area (Å²) in [5, 5.41) is 2.88. The van der Waals surface area contributed by atoms with Crippen LogP contribution in [0.25, 0.3) is 6.08 Å². The van der Waals surface area contributed by atoms with E-state index >= 15 is 0 Å². The standard InChI is InChI=1S/C21H22N4O2S2/c26-19(23-11-5-13-24-15-12-22-16-24)10-14-25-20(27)18(29-21(25)28)9-4-8-17-6-2-1-3-7-17/h1-4,6-9,12,15-16H,5,10-11,13-14H2,(H,23,26)/b8-4+,18-9+. The van der Waals surface area contributed by atoms with Crippen LogP contribution in [-0.4, -0.2) is 43.7 Å². The van der Waals surface area contributed by atoms with Gasteiger partial charge in [-0.1, -0.05) is 66.5 Å². The van der Waals surface area contributed by atoms with Crippen LogP contribution in [0, 0.1) is 0 Å². The van der Waals surface area contributed by atoms with Gasteiger partial charge in [-0.3, -0.25) is 14.5 Å². The zero-order valence-electron chi connectivity index (χ0n) is 15.9. The number of nitrogens with zero attached hydrogens (tertiary/aromatic N) is 3. The fraction of sp³-hybridized carbons (Fsp3) is 0.238. The summed E-state index contributed by atoms with van der Waals surface area (Å²) in [6.45, 7) is 1.67. The maximum Gasteiger partial charge on any atom is 0.266 e. The van der Waals surface area contributed by atoms with Gasteiger partial charge in [0.25, 0.3) is 5.91 Å². The lowest BCUT2D eigenvalue weighted by atomic mass is 10.2. The molecule has 2 aromatic rings. The van der Waals surface area contributed by atoms with E-state index in [-0.39, 0.29) is 24.8 Å². The van der Waals surface area contributed by atoms with Crippen molar-refractivity contribution in [3.8, 4) is 0 Å². The van der Waals surface area contributed by atoms with Crippen molar-refractivity contribution in [3.63, 3.8) is 0 Å². The van der Waals surface area contributed by atoms with Gasteiger partial charge in [-0.25, -0.2) is 4.98 Å². The third kappa shape index (κ3) is 6.40. The van der Waals surface area contributed by atoms with Crippen LogP contribution in [0.2, 0.25) is 0 Å². The van der Waals surface area contributed by atoms with Crippen LogP contribution in [0.1, 0.15) is 18.4 Å². The summed E-state index contributed by atoms with van der Waals surface area (Å²) in [6, 6.07) is 9.86. The van der Waals surface area contributed by atoms with Gasteiger partial charge in [0, 0.05) is 38.4 Å². The number of hydrogen-bond donors (Lipinski definition) is 1. The highest BCUT2D eigenvalue weighted by Crippen LogP contribution is 2.31. The average Bonchev–Trinajstić information content (AvgIpc) is 3.33. The van der Waals surface area contributed by atoms with Crippen molar-refractivity contribution >= 4 is 46.2 Å². The number of thioether (sulfide) groups is 1. The number of nitrogens with one attached hydrogen (secondary N) is 1. The Hall–Kier alpha value is -2.71. The Morgan fingerprint density at radius 1 is 1.24 bits per heavy atom. The summed E-state index contributed by atoms with van der Waals surface area (Å²) in [7, 11) is 0. The van der Waals surface area contributed by atoms with Gasteiger partial charge in [0.05, 0.1) is 11.2 Å². The highest BCUT2D eigenvalue weighted by molar-refractivity contribution is 8.26. The van der Waals surface area contributed by atoms with Crippen molar-refractivity contribution in [1.29, 1.82) is 0 Å². The van der Waals surface area contributed by atoms with Crippen LogP contribution < -0.4 is 5.32 Å². The molecule has 150 valence electrons. The predicted molar refractivity (Wildman–Crippen MR) is 120 cm³/mol. The molecule has 2 heterocycles. The zero-order valence-corrected chi connectivity index (χ0v) is 17.5. The smallest absolute Gasteiger partial charge is 0.266 e. The number of carbonyl (C=O) groups excluding carboxylic acids is 2. The molecule has 3 rings (SSSR count). The second-order valence-electron chi connectivity index (χ2n) is 6.38. The van der Waals surface area contributed by atoms with Gasteiger partial charge in [-0.15, -0.1) is 0 Å². The Bertz CT molecular complexity index is 908. The molecule has 1 saturated heterocycles. The molecule has 0 atom stereocenters. The molecule has 1 aromatic carbocycles. The average molecular weight is 427 g/mol. The van der Waals surface area contributed by atoms with E-state index in [0.29, 0.717) is 15.8 Å². The molecule has 6 nitrogen and oxygen atoms in total. The number of amides is 2. The van der Waals surface area contributed by atoms with E-state index in [9.17, 15) is 9.59 Å². The molecule has 1 aliphatic rings. The van der Waals surface area contributed by atoms with Crippen molar-refractivity contribution in [2.45, 2.75) is 19.4 Å². The number of aromatic nitrogens is 2. The van der Waals surface area contributed by atoms with Gasteiger partial charge < -0.3 is 9.88 Å². The minimum Gasteiger partial charge on any atom is -0.356 e. The van der Waals surface area contributed by atoms with Crippen molar-refractivity contribution in [1.82, 2.24) is 19.8 Å². The van der Waals surface area contributed by atoms with Crippen LogP contribution >= 0.6 is 24.0 Å². The number of carbonyl (C=O) groups is 2. The summed E-state index contributed by atoms with van der Waals surface area (Å²) in [5.41, 5.74) is 1.06. The van der Waals surface area contributed by atoms with E-state index in [4.69, 9.17) is 12.2 Å². The van der Waals surface area contributed by atoms with Crippen molar-refractivity contribution < 1.29 is 9.59 Å². The van der Waals surface area contributed by atoms with Gasteiger partial charge in [0.1, 0.15) is 4.32 Å². The SMILES string of the molecule is O=C(CCN1C(=O)/C(=C\C=C\c2ccccc2)SC1=S)NCCCn1ccnc1. The van der Waals surface area contributed by atoms with Crippen molar-refractivity contribution in [2.24, 2.45) is 0 Å². The highest BCUT2D eigenvalue weighted by Gasteiger charge is 2.31. The Labute approximate surface area is 179 Å². The number of hydrogen-bond acceptors (Lipinski definition) is 5. The van der Waals surface area contributed by atoms with Crippen LogP contribution in [0.15, 0.2) is 66.1 Å². The Morgan fingerprint density at radius 3 is 2.83 bits per heavy atom. The molecule has 0 bridgehead atoms. The topological polar surface area (TPSA) is 67.2 Å². The summed E-state index contributed by atoms with van der Waals surface area (Å²) < 4.78 is 2.45. The molecule has 8 heteroatoms. The number of allylic oxidation sites excluding steroid dienone is 2. The molecule has 1 N–H and O–H groups in total. The van der Waals surface area contributed by atoms with E-state index < -0.39 is 0 Å². The third-order valence-electron chi connectivity index (χ3n) is 4.25. The molecule has 0 spiro atoms. The second kappa shape index (κ2) is 10.7. The maximum absolute atomic E-state index is 12.5. The maximum atomic E-state index is 12.5. The highest BCUT2D eigenvalue weighted by atomic mass is 32.2. The van der Waals surface area contributed by atoms with Crippen LogP contribution in [0.5, 0.6) is 0 Å². The van der Waals surface area contributed by atoms with Gasteiger partial charge in [0.15, 0.2) is 0 Å². The fourth-order valence-electron chi connectivity index (χ4n) is 2.73. The number of aryl methyl sites for hydroxylation is 1. The van der Waals surface area contributed by atoms with Crippen molar-refractivity contribution in [2.75, 3.05) is 13.1 Å². The van der Waals surface area contributed by atoms with Gasteiger partial charge in [-0.05, 0) is 18.1 Å². The van der Waals surface area contributed by atoms with E-state index in [1.807, 2.05) is 53.2 Å². The summed E-state index contributed by atoms with van der Waals surface area (Å²) in [4.78, 5) is 30.6. The molecule has 1 aliphatic heterocycles. The molecule has 29 heavy (non-hydrogen) atoms. The Kier molecular flexibility index (Phi) is 7.77. The minimum atomic E-state index is -0.148.